The lowest BCUT2D eigenvalue weighted by molar-refractivity contribution is -0.123. The van der Waals surface area contributed by atoms with Crippen molar-refractivity contribution < 1.29 is 14.3 Å². The van der Waals surface area contributed by atoms with Gasteiger partial charge in [-0.25, -0.2) is 0 Å². The Morgan fingerprint density at radius 1 is 1.10 bits per heavy atom. The van der Waals surface area contributed by atoms with Gasteiger partial charge in [0.1, 0.15) is 11.8 Å². The van der Waals surface area contributed by atoms with E-state index in [4.69, 9.17) is 4.74 Å². The number of thiophene rings is 1. The number of benzene rings is 1. The molecule has 0 spiro atoms. The minimum absolute atomic E-state index is 0.119. The van der Waals surface area contributed by atoms with Crippen LogP contribution in [-0.4, -0.2) is 38.1 Å². The van der Waals surface area contributed by atoms with Crippen LogP contribution in [0.1, 0.15) is 48.2 Å². The minimum Gasteiger partial charge on any atom is -0.497 e. The van der Waals surface area contributed by atoms with Gasteiger partial charge in [-0.3, -0.25) is 9.59 Å². The van der Waals surface area contributed by atoms with Gasteiger partial charge in [-0.2, -0.15) is 0 Å². The molecule has 3 rings (SSSR count). The van der Waals surface area contributed by atoms with Crippen LogP contribution in [0.3, 0.4) is 0 Å². The lowest BCUT2D eigenvalue weighted by atomic mass is 9.84. The van der Waals surface area contributed by atoms with Gasteiger partial charge < -0.3 is 20.7 Å². The summed E-state index contributed by atoms with van der Waals surface area (Å²) in [6.45, 7) is 1.08. The standard InChI is InChI=1S/C23H30BrN3O3S/c1-30-18-9-7-17(8-10-18)25-13-14-26-22(28)19(15-16-5-3-2-4-6-16)27-23(29)20-11-12-21(24)31-20/h7-12,16,19,25H,2-6,13-15H2,1H3,(H,26,28)(H,27,29)/t19-/m0/s1. The molecule has 0 unspecified atom stereocenters. The van der Waals surface area contributed by atoms with Crippen LogP contribution in [0, 0.1) is 5.92 Å². The number of hydrogen-bond donors (Lipinski definition) is 3. The van der Waals surface area contributed by atoms with E-state index in [0.717, 1.165) is 28.1 Å². The third-order valence-corrected chi connectivity index (χ3v) is 7.18. The molecule has 0 bridgehead atoms. The van der Waals surface area contributed by atoms with Gasteiger partial charge >= 0.3 is 0 Å². The molecule has 1 aliphatic carbocycles. The first-order chi connectivity index (χ1) is 15.0. The highest BCUT2D eigenvalue weighted by molar-refractivity contribution is 9.11. The minimum atomic E-state index is -0.516. The average Bonchev–Trinajstić information content (AvgIpc) is 3.23. The zero-order valence-corrected chi connectivity index (χ0v) is 20.2. The molecule has 2 aromatic rings. The van der Waals surface area contributed by atoms with Gasteiger partial charge in [0.05, 0.1) is 15.8 Å². The van der Waals surface area contributed by atoms with Crippen molar-refractivity contribution in [2.24, 2.45) is 5.92 Å². The lowest BCUT2D eigenvalue weighted by Crippen LogP contribution is -2.48. The van der Waals surface area contributed by atoms with Crippen molar-refractivity contribution in [3.8, 4) is 5.75 Å². The first-order valence-corrected chi connectivity index (χ1v) is 12.4. The quantitative estimate of drug-likeness (QED) is 0.403. The van der Waals surface area contributed by atoms with Gasteiger partial charge in [0.15, 0.2) is 0 Å². The molecule has 1 aromatic heterocycles. The van der Waals surface area contributed by atoms with Crippen LogP contribution in [0.2, 0.25) is 0 Å². The summed E-state index contributed by atoms with van der Waals surface area (Å²) in [4.78, 5) is 26.2. The Morgan fingerprint density at radius 2 is 1.84 bits per heavy atom. The summed E-state index contributed by atoms with van der Waals surface area (Å²) in [6, 6.07) is 10.8. The van der Waals surface area contributed by atoms with E-state index in [1.54, 1.807) is 13.2 Å². The van der Waals surface area contributed by atoms with Gasteiger partial charge in [-0.05, 0) is 64.7 Å². The number of methoxy groups -OCH3 is 1. The number of ether oxygens (including phenoxy) is 1. The molecule has 1 aliphatic rings. The molecule has 1 atom stereocenters. The molecule has 6 nitrogen and oxygen atoms in total. The zero-order chi connectivity index (χ0) is 22.1. The van der Waals surface area contributed by atoms with E-state index in [1.807, 2.05) is 30.3 Å². The SMILES string of the molecule is COc1ccc(NCCNC(=O)[C@H](CC2CCCCC2)NC(=O)c2ccc(Br)s2)cc1. The van der Waals surface area contributed by atoms with Gasteiger partial charge in [-0.1, -0.05) is 32.1 Å². The number of carbonyl (C=O) groups excluding carboxylic acids is 2. The first kappa shape index (κ1) is 23.6. The molecule has 2 amide bonds. The Labute approximate surface area is 196 Å². The van der Waals surface area contributed by atoms with Crippen molar-refractivity contribution in [2.45, 2.75) is 44.6 Å². The zero-order valence-electron chi connectivity index (χ0n) is 17.8. The summed E-state index contributed by atoms with van der Waals surface area (Å²) in [5.74, 6) is 0.976. The Kier molecular flexibility index (Phi) is 9.21. The van der Waals surface area contributed by atoms with Gasteiger partial charge in [0, 0.05) is 18.8 Å². The third kappa shape index (κ3) is 7.54. The van der Waals surface area contributed by atoms with Gasteiger partial charge in [0.2, 0.25) is 5.91 Å². The summed E-state index contributed by atoms with van der Waals surface area (Å²) in [5.41, 5.74) is 0.963. The van der Waals surface area contributed by atoms with E-state index in [-0.39, 0.29) is 11.8 Å². The molecule has 0 radical (unpaired) electrons. The van der Waals surface area contributed by atoms with Crippen LogP contribution in [0.5, 0.6) is 5.75 Å². The highest BCUT2D eigenvalue weighted by Gasteiger charge is 2.26. The number of carbonyl (C=O) groups is 2. The van der Waals surface area contributed by atoms with Crippen molar-refractivity contribution in [3.63, 3.8) is 0 Å². The maximum Gasteiger partial charge on any atom is 0.262 e. The summed E-state index contributed by atoms with van der Waals surface area (Å²) in [5, 5.41) is 9.23. The van der Waals surface area contributed by atoms with Crippen LogP contribution < -0.4 is 20.7 Å². The van der Waals surface area contributed by atoms with Crippen molar-refractivity contribution in [1.82, 2.24) is 10.6 Å². The van der Waals surface area contributed by atoms with Crippen LogP contribution in [0.4, 0.5) is 5.69 Å². The fourth-order valence-electron chi connectivity index (χ4n) is 3.88. The predicted octanol–water partition coefficient (Wildman–Crippen LogP) is 4.82. The Bertz CT molecular complexity index is 850. The van der Waals surface area contributed by atoms with E-state index in [9.17, 15) is 9.59 Å². The second-order valence-corrected chi connectivity index (χ2v) is 10.3. The highest BCUT2D eigenvalue weighted by atomic mass is 79.9. The number of nitrogens with one attached hydrogen (secondary N) is 3. The second-order valence-electron chi connectivity index (χ2n) is 7.82. The summed E-state index contributed by atoms with van der Waals surface area (Å²) in [6.07, 6.45) is 6.62. The van der Waals surface area contributed by atoms with Crippen LogP contribution in [0.25, 0.3) is 0 Å². The van der Waals surface area contributed by atoms with Gasteiger partial charge in [-0.15, -0.1) is 11.3 Å². The summed E-state index contributed by atoms with van der Waals surface area (Å²) < 4.78 is 6.06. The molecular formula is C23H30BrN3O3S. The molecule has 1 heterocycles. The van der Waals surface area contributed by atoms with Crippen LogP contribution in [-0.2, 0) is 4.79 Å². The molecule has 8 heteroatoms. The lowest BCUT2D eigenvalue weighted by Gasteiger charge is -2.26. The monoisotopic (exact) mass is 507 g/mol. The van der Waals surface area contributed by atoms with Crippen molar-refractivity contribution >= 4 is 44.8 Å². The van der Waals surface area contributed by atoms with E-state index < -0.39 is 6.04 Å². The number of anilines is 1. The van der Waals surface area contributed by atoms with Gasteiger partial charge in [0.25, 0.3) is 5.91 Å². The summed E-state index contributed by atoms with van der Waals surface area (Å²) >= 11 is 4.76. The molecule has 1 fully saturated rings. The number of halogens is 1. The smallest absolute Gasteiger partial charge is 0.262 e. The number of amides is 2. The molecule has 31 heavy (non-hydrogen) atoms. The normalized spacial score (nSPS) is 15.2. The Balaban J connectivity index is 1.52. The second kappa shape index (κ2) is 12.1. The van der Waals surface area contributed by atoms with Crippen LogP contribution in [0.15, 0.2) is 40.2 Å². The Morgan fingerprint density at radius 3 is 2.48 bits per heavy atom. The molecule has 1 saturated carbocycles. The molecule has 3 N–H and O–H groups in total. The summed E-state index contributed by atoms with van der Waals surface area (Å²) in [7, 11) is 1.64. The maximum absolute atomic E-state index is 12.9. The number of rotatable bonds is 10. The fourth-order valence-corrected chi connectivity index (χ4v) is 5.17. The number of hydrogen-bond acceptors (Lipinski definition) is 5. The van der Waals surface area contributed by atoms with Crippen molar-refractivity contribution in [2.75, 3.05) is 25.5 Å². The topological polar surface area (TPSA) is 79.5 Å². The predicted molar refractivity (Wildman–Crippen MR) is 129 cm³/mol. The van der Waals surface area contributed by atoms with Crippen molar-refractivity contribution in [3.05, 3.63) is 45.1 Å². The largest absolute Gasteiger partial charge is 0.497 e. The maximum atomic E-state index is 12.9. The van der Waals surface area contributed by atoms with E-state index in [2.05, 4.69) is 31.9 Å². The molecule has 1 aromatic carbocycles. The molecule has 0 aliphatic heterocycles. The van der Waals surface area contributed by atoms with E-state index >= 15 is 0 Å². The van der Waals surface area contributed by atoms with Crippen LogP contribution >= 0.6 is 27.3 Å². The third-order valence-electron chi connectivity index (χ3n) is 5.56. The molecular weight excluding hydrogens is 478 g/mol. The molecule has 0 saturated heterocycles. The van der Waals surface area contributed by atoms with Crippen molar-refractivity contribution in [1.29, 1.82) is 0 Å². The van der Waals surface area contributed by atoms with E-state index in [0.29, 0.717) is 30.3 Å². The first-order valence-electron chi connectivity index (χ1n) is 10.8. The fraction of sp³-hybridized carbons (Fsp3) is 0.478. The molecule has 168 valence electrons. The average molecular weight is 508 g/mol. The van der Waals surface area contributed by atoms with E-state index in [1.165, 1.54) is 30.6 Å². The highest BCUT2D eigenvalue weighted by Crippen LogP contribution is 2.28. The Hall–Kier alpha value is -2.06.